The second-order valence-electron chi connectivity index (χ2n) is 13.2. The fraction of sp³-hybridized carbons (Fsp3) is 0.556. The van der Waals surface area contributed by atoms with E-state index < -0.39 is 0 Å². The first-order valence-electron chi connectivity index (χ1n) is 16.0. The van der Waals surface area contributed by atoms with E-state index in [1.165, 1.54) is 29.5 Å². The predicted molar refractivity (Wildman–Crippen MR) is 178 cm³/mol. The second-order valence-corrected chi connectivity index (χ2v) is 14.4. The van der Waals surface area contributed by atoms with Crippen molar-refractivity contribution in [3.63, 3.8) is 0 Å². The molecule has 2 aliphatic rings. The van der Waals surface area contributed by atoms with Crippen molar-refractivity contribution in [2.75, 3.05) is 26.2 Å². The number of thioether (sulfide) groups is 1. The number of nitrogens with one attached hydrogen (secondary N) is 1. The van der Waals surface area contributed by atoms with Gasteiger partial charge in [0.1, 0.15) is 0 Å². The molecular weight excluding hydrogens is 538 g/mol. The Hall–Kier alpha value is -2.57. The maximum atomic E-state index is 13.8. The first-order valence-corrected chi connectivity index (χ1v) is 16.8. The number of hydrogen-bond donors (Lipinski definition) is 1. The summed E-state index contributed by atoms with van der Waals surface area (Å²) in [4.78, 5) is 32.1. The molecule has 0 radical (unpaired) electrons. The zero-order chi connectivity index (χ0) is 30.2. The minimum atomic E-state index is -0.0404. The lowest BCUT2D eigenvalue weighted by atomic mass is 9.92. The predicted octanol–water partition coefficient (Wildman–Crippen LogP) is 7.47. The Morgan fingerprint density at radius 1 is 1.02 bits per heavy atom. The van der Waals surface area contributed by atoms with Gasteiger partial charge in [0, 0.05) is 43.0 Å². The van der Waals surface area contributed by atoms with Crippen molar-refractivity contribution in [3.8, 4) is 0 Å². The zero-order valence-corrected chi connectivity index (χ0v) is 27.4. The summed E-state index contributed by atoms with van der Waals surface area (Å²) in [6, 6.07) is 14.5. The Kier molecular flexibility index (Phi) is 11.7. The summed E-state index contributed by atoms with van der Waals surface area (Å²) < 4.78 is 0. The molecule has 4 rings (SSSR count). The van der Waals surface area contributed by atoms with Gasteiger partial charge in [-0.1, -0.05) is 76.4 Å². The molecule has 1 N–H and O–H groups in total. The minimum Gasteiger partial charge on any atom is -0.352 e. The molecule has 5 nitrogen and oxygen atoms in total. The highest BCUT2D eigenvalue weighted by Crippen LogP contribution is 2.43. The quantitative estimate of drug-likeness (QED) is 0.206. The summed E-state index contributed by atoms with van der Waals surface area (Å²) in [6.07, 6.45) is 7.61. The number of carbonyl (C=O) groups is 2. The van der Waals surface area contributed by atoms with Gasteiger partial charge < -0.3 is 15.1 Å². The average Bonchev–Trinajstić information content (AvgIpc) is 2.94. The third-order valence-corrected chi connectivity index (χ3v) is 9.72. The molecule has 1 aliphatic carbocycles. The molecule has 2 amide bonds. The van der Waals surface area contributed by atoms with Gasteiger partial charge in [0.25, 0.3) is 11.8 Å². The van der Waals surface area contributed by atoms with Gasteiger partial charge in [-0.3, -0.25) is 9.59 Å². The number of fused-ring (bicyclic) bond motifs is 1. The summed E-state index contributed by atoms with van der Waals surface area (Å²) in [6.45, 7) is 17.8. The number of rotatable bonds is 12. The number of aryl methyl sites for hydroxylation is 2. The zero-order valence-electron chi connectivity index (χ0n) is 26.6. The molecule has 0 spiro atoms. The van der Waals surface area contributed by atoms with Crippen molar-refractivity contribution < 1.29 is 9.59 Å². The highest BCUT2D eigenvalue weighted by atomic mass is 32.2. The van der Waals surface area contributed by atoms with E-state index in [4.69, 9.17) is 0 Å². The van der Waals surface area contributed by atoms with Crippen LogP contribution in [0.1, 0.15) is 92.4 Å². The molecule has 1 saturated heterocycles. The van der Waals surface area contributed by atoms with Gasteiger partial charge in [0.2, 0.25) is 0 Å². The molecule has 0 aromatic heterocycles. The van der Waals surface area contributed by atoms with E-state index in [2.05, 4.69) is 74.9 Å². The Morgan fingerprint density at radius 3 is 2.40 bits per heavy atom. The fourth-order valence-corrected chi connectivity index (χ4v) is 7.77. The Morgan fingerprint density at radius 2 is 1.71 bits per heavy atom. The fourth-order valence-electron chi connectivity index (χ4n) is 6.29. The molecule has 2 atom stereocenters. The van der Waals surface area contributed by atoms with Crippen LogP contribution in [0.4, 0.5) is 0 Å². The van der Waals surface area contributed by atoms with Crippen molar-refractivity contribution >= 4 is 29.7 Å². The van der Waals surface area contributed by atoms with E-state index in [9.17, 15) is 9.59 Å². The molecule has 42 heavy (non-hydrogen) atoms. The Labute approximate surface area is 258 Å². The van der Waals surface area contributed by atoms with Gasteiger partial charge in [-0.2, -0.15) is 0 Å². The van der Waals surface area contributed by atoms with Crippen LogP contribution in [0.5, 0.6) is 0 Å². The van der Waals surface area contributed by atoms with Crippen molar-refractivity contribution in [3.05, 3.63) is 75.2 Å². The molecule has 1 saturated carbocycles. The van der Waals surface area contributed by atoms with Crippen LogP contribution < -0.4 is 5.32 Å². The number of benzene rings is 2. The first kappa shape index (κ1) is 32.3. The molecule has 2 aromatic carbocycles. The number of nitrogens with zero attached hydrogens (tertiary/aromatic N) is 2. The topological polar surface area (TPSA) is 52.7 Å². The molecule has 2 fully saturated rings. The van der Waals surface area contributed by atoms with Gasteiger partial charge >= 0.3 is 0 Å². The van der Waals surface area contributed by atoms with E-state index in [1.54, 1.807) is 11.8 Å². The van der Waals surface area contributed by atoms with E-state index in [0.29, 0.717) is 41.8 Å². The van der Waals surface area contributed by atoms with E-state index >= 15 is 0 Å². The second kappa shape index (κ2) is 15.2. The highest BCUT2D eigenvalue weighted by molar-refractivity contribution is 8.04. The normalized spacial score (nSPS) is 20.1. The van der Waals surface area contributed by atoms with E-state index in [1.807, 2.05) is 30.3 Å². The maximum Gasteiger partial charge on any atom is 0.260 e. The lowest BCUT2D eigenvalue weighted by Crippen LogP contribution is -2.50. The average molecular weight is 590 g/mol. The van der Waals surface area contributed by atoms with Crippen molar-refractivity contribution in [2.24, 2.45) is 11.8 Å². The number of carbonyl (C=O) groups excluding carboxylic acids is 2. The lowest BCUT2D eigenvalue weighted by Gasteiger charge is -2.44. The number of amides is 2. The Bertz CT molecular complexity index is 1230. The smallest absolute Gasteiger partial charge is 0.260 e. The van der Waals surface area contributed by atoms with Crippen LogP contribution in [-0.4, -0.2) is 59.1 Å². The molecular formula is C36H51N3O2S. The SMILES string of the molecule is Cc1ccc(C)c(CN2C(=O)/C(=C/c3ccc(C(=O)NCCCN(CC(C)C)CC(C)C)cc3)SC3CCCCC32)c1. The third kappa shape index (κ3) is 8.97. The molecule has 2 unspecified atom stereocenters. The van der Waals surface area contributed by atoms with Crippen LogP contribution >= 0.6 is 11.8 Å². The molecule has 2 aromatic rings. The van der Waals surface area contributed by atoms with E-state index in [-0.39, 0.29) is 11.8 Å². The van der Waals surface area contributed by atoms with Gasteiger partial charge in [-0.15, -0.1) is 11.8 Å². The largest absolute Gasteiger partial charge is 0.352 e. The summed E-state index contributed by atoms with van der Waals surface area (Å²) in [5.41, 5.74) is 5.32. The van der Waals surface area contributed by atoms with Crippen LogP contribution in [0.3, 0.4) is 0 Å². The molecule has 1 aliphatic heterocycles. The maximum absolute atomic E-state index is 13.8. The standard InChI is InChI=1S/C36H51N3O2S/c1-25(2)22-38(23-26(3)4)19-9-18-37-35(40)30-16-14-29(15-17-30)21-34-36(41)39(32-10-7-8-11-33(32)42-34)24-31-20-27(5)12-13-28(31)6/h12-17,20-21,25-26,32-33H,7-11,18-19,22-24H2,1-6H3,(H,37,40)/b34-21-. The van der Waals surface area contributed by atoms with Crippen LogP contribution in [0, 0.1) is 25.7 Å². The van der Waals surface area contributed by atoms with Crippen molar-refractivity contribution in [1.82, 2.24) is 15.1 Å². The van der Waals surface area contributed by atoms with Crippen molar-refractivity contribution in [2.45, 2.75) is 91.5 Å². The van der Waals surface area contributed by atoms with Crippen molar-refractivity contribution in [1.29, 1.82) is 0 Å². The minimum absolute atomic E-state index is 0.0404. The van der Waals surface area contributed by atoms with Gasteiger partial charge in [0.05, 0.1) is 4.91 Å². The summed E-state index contributed by atoms with van der Waals surface area (Å²) in [5, 5.41) is 3.53. The Balaban J connectivity index is 1.38. The molecule has 6 heteroatoms. The molecule has 228 valence electrons. The van der Waals surface area contributed by atoms with Crippen LogP contribution in [-0.2, 0) is 11.3 Å². The lowest BCUT2D eigenvalue weighted by molar-refractivity contribution is -0.130. The third-order valence-electron chi connectivity index (χ3n) is 8.32. The van der Waals surface area contributed by atoms with Gasteiger partial charge in [-0.25, -0.2) is 0 Å². The van der Waals surface area contributed by atoms with Gasteiger partial charge in [0.15, 0.2) is 0 Å². The van der Waals surface area contributed by atoms with Crippen LogP contribution in [0.25, 0.3) is 6.08 Å². The first-order chi connectivity index (χ1) is 20.1. The van der Waals surface area contributed by atoms with E-state index in [0.717, 1.165) is 49.4 Å². The van der Waals surface area contributed by atoms with Gasteiger partial charge in [-0.05, 0) is 86.4 Å². The summed E-state index contributed by atoms with van der Waals surface area (Å²) in [5.74, 6) is 1.37. The molecule has 1 heterocycles. The number of hydrogen-bond acceptors (Lipinski definition) is 4. The monoisotopic (exact) mass is 589 g/mol. The molecule has 0 bridgehead atoms. The summed E-state index contributed by atoms with van der Waals surface area (Å²) >= 11 is 1.76. The van der Waals surface area contributed by atoms with Crippen LogP contribution in [0.2, 0.25) is 0 Å². The van der Waals surface area contributed by atoms with Crippen LogP contribution in [0.15, 0.2) is 47.4 Å². The highest BCUT2D eigenvalue weighted by Gasteiger charge is 2.40. The summed E-state index contributed by atoms with van der Waals surface area (Å²) in [7, 11) is 0.